The van der Waals surface area contributed by atoms with Crippen LogP contribution < -0.4 is 25.8 Å². The number of methoxy groups -OCH3 is 1. The first-order valence-electron chi connectivity index (χ1n) is 8.12. The lowest BCUT2D eigenvalue weighted by Crippen LogP contribution is -2.28. The van der Waals surface area contributed by atoms with Crippen LogP contribution in [0.5, 0.6) is 11.5 Å². The SMILES string of the molecule is COc1ccc(C(=O)NCCN=C(N)Nc2ccc(OC(F)(F)F)cc2)cc1. The molecule has 10 heteroatoms. The van der Waals surface area contributed by atoms with Crippen LogP contribution in [0.3, 0.4) is 0 Å². The number of rotatable bonds is 7. The largest absolute Gasteiger partial charge is 0.573 e. The molecular formula is C18H19F3N4O3. The van der Waals surface area contributed by atoms with Crippen molar-refractivity contribution in [3.05, 3.63) is 54.1 Å². The van der Waals surface area contributed by atoms with E-state index in [1.165, 1.54) is 19.2 Å². The van der Waals surface area contributed by atoms with Gasteiger partial charge in [-0.15, -0.1) is 13.2 Å². The summed E-state index contributed by atoms with van der Waals surface area (Å²) in [6.07, 6.45) is -4.74. The summed E-state index contributed by atoms with van der Waals surface area (Å²) >= 11 is 0. The van der Waals surface area contributed by atoms with Crippen LogP contribution in [0.2, 0.25) is 0 Å². The number of aliphatic imine (C=N–C) groups is 1. The maximum atomic E-state index is 12.1. The Bertz CT molecular complexity index is 806. The van der Waals surface area contributed by atoms with Gasteiger partial charge in [0, 0.05) is 17.8 Å². The number of hydrogen-bond acceptors (Lipinski definition) is 4. The Kier molecular flexibility index (Phi) is 7.08. The highest BCUT2D eigenvalue weighted by atomic mass is 19.4. The predicted octanol–water partition coefficient (Wildman–Crippen LogP) is 2.75. The summed E-state index contributed by atoms with van der Waals surface area (Å²) in [5, 5.41) is 5.42. The molecule has 0 fully saturated rings. The maximum Gasteiger partial charge on any atom is 0.573 e. The van der Waals surface area contributed by atoms with Crippen LogP contribution in [-0.4, -0.2) is 38.4 Å². The molecule has 0 aliphatic rings. The van der Waals surface area contributed by atoms with Gasteiger partial charge < -0.3 is 25.8 Å². The number of benzene rings is 2. The third-order valence-electron chi connectivity index (χ3n) is 3.39. The van der Waals surface area contributed by atoms with Gasteiger partial charge in [-0.2, -0.15) is 0 Å². The van der Waals surface area contributed by atoms with E-state index in [0.29, 0.717) is 17.0 Å². The van der Waals surface area contributed by atoms with Crippen molar-refractivity contribution >= 4 is 17.6 Å². The fraction of sp³-hybridized carbons (Fsp3) is 0.222. The number of alkyl halides is 3. The average Bonchev–Trinajstić information content (AvgIpc) is 2.65. The molecule has 2 rings (SSSR count). The Morgan fingerprint density at radius 2 is 1.68 bits per heavy atom. The minimum atomic E-state index is -4.74. The van der Waals surface area contributed by atoms with E-state index in [9.17, 15) is 18.0 Å². The van der Waals surface area contributed by atoms with Gasteiger partial charge in [0.15, 0.2) is 5.96 Å². The third-order valence-corrected chi connectivity index (χ3v) is 3.39. The van der Waals surface area contributed by atoms with Crippen LogP contribution in [0.4, 0.5) is 18.9 Å². The molecule has 7 nitrogen and oxygen atoms in total. The smallest absolute Gasteiger partial charge is 0.497 e. The minimum Gasteiger partial charge on any atom is -0.497 e. The number of carbonyl (C=O) groups excluding carboxylic acids is 1. The zero-order valence-electron chi connectivity index (χ0n) is 14.9. The van der Waals surface area contributed by atoms with Crippen molar-refractivity contribution in [1.29, 1.82) is 0 Å². The van der Waals surface area contributed by atoms with Crippen LogP contribution in [0.15, 0.2) is 53.5 Å². The van der Waals surface area contributed by atoms with Gasteiger partial charge in [0.2, 0.25) is 0 Å². The van der Waals surface area contributed by atoms with Crippen molar-refractivity contribution in [2.75, 3.05) is 25.5 Å². The number of hydrogen-bond donors (Lipinski definition) is 3. The number of nitrogens with zero attached hydrogens (tertiary/aromatic N) is 1. The number of amides is 1. The number of ether oxygens (including phenoxy) is 2. The molecule has 0 atom stereocenters. The first-order valence-corrected chi connectivity index (χ1v) is 8.12. The lowest BCUT2D eigenvalue weighted by molar-refractivity contribution is -0.274. The molecule has 0 saturated heterocycles. The van der Waals surface area contributed by atoms with Gasteiger partial charge in [0.05, 0.1) is 13.7 Å². The topological polar surface area (TPSA) is 98.0 Å². The average molecular weight is 396 g/mol. The molecule has 150 valence electrons. The second-order valence-corrected chi connectivity index (χ2v) is 5.45. The van der Waals surface area contributed by atoms with Gasteiger partial charge in [-0.25, -0.2) is 0 Å². The summed E-state index contributed by atoms with van der Waals surface area (Å²) in [7, 11) is 1.54. The fourth-order valence-corrected chi connectivity index (χ4v) is 2.12. The second-order valence-electron chi connectivity index (χ2n) is 5.45. The number of carbonyl (C=O) groups is 1. The molecule has 0 heterocycles. The van der Waals surface area contributed by atoms with Gasteiger partial charge in [-0.1, -0.05) is 0 Å². The number of halogens is 3. The van der Waals surface area contributed by atoms with Crippen LogP contribution in [-0.2, 0) is 0 Å². The molecule has 0 saturated carbocycles. The predicted molar refractivity (Wildman–Crippen MR) is 98.6 cm³/mol. The van der Waals surface area contributed by atoms with Gasteiger partial charge in [0.1, 0.15) is 11.5 Å². The second kappa shape index (κ2) is 9.49. The molecule has 0 aliphatic carbocycles. The molecule has 28 heavy (non-hydrogen) atoms. The van der Waals surface area contributed by atoms with E-state index in [0.717, 1.165) is 12.1 Å². The van der Waals surface area contributed by atoms with E-state index in [-0.39, 0.29) is 30.7 Å². The van der Waals surface area contributed by atoms with Crippen molar-refractivity contribution in [3.63, 3.8) is 0 Å². The van der Waals surface area contributed by atoms with Crippen molar-refractivity contribution in [2.24, 2.45) is 10.7 Å². The van der Waals surface area contributed by atoms with Crippen molar-refractivity contribution in [2.45, 2.75) is 6.36 Å². The first-order chi connectivity index (χ1) is 13.3. The van der Waals surface area contributed by atoms with E-state index in [2.05, 4.69) is 20.4 Å². The van der Waals surface area contributed by atoms with Crippen LogP contribution in [0.1, 0.15) is 10.4 Å². The summed E-state index contributed by atoms with van der Waals surface area (Å²) in [4.78, 5) is 16.0. The normalized spacial score (nSPS) is 11.6. The van der Waals surface area contributed by atoms with Gasteiger partial charge in [-0.3, -0.25) is 9.79 Å². The molecule has 1 amide bonds. The van der Waals surface area contributed by atoms with E-state index in [1.807, 2.05) is 0 Å². The van der Waals surface area contributed by atoms with E-state index < -0.39 is 6.36 Å². The van der Waals surface area contributed by atoms with Gasteiger partial charge in [-0.05, 0) is 48.5 Å². The number of nitrogens with two attached hydrogens (primary N) is 1. The lowest BCUT2D eigenvalue weighted by Gasteiger charge is -2.10. The number of guanidine groups is 1. The highest BCUT2D eigenvalue weighted by Crippen LogP contribution is 2.23. The van der Waals surface area contributed by atoms with Gasteiger partial charge >= 0.3 is 6.36 Å². The van der Waals surface area contributed by atoms with E-state index in [1.54, 1.807) is 24.3 Å². The molecule has 0 aliphatic heterocycles. The Morgan fingerprint density at radius 1 is 1.07 bits per heavy atom. The number of anilines is 1. The zero-order valence-corrected chi connectivity index (χ0v) is 14.9. The molecule has 2 aromatic carbocycles. The molecular weight excluding hydrogens is 377 g/mol. The molecule has 0 radical (unpaired) electrons. The summed E-state index contributed by atoms with van der Waals surface area (Å²) in [5.41, 5.74) is 6.63. The van der Waals surface area contributed by atoms with E-state index >= 15 is 0 Å². The Morgan fingerprint density at radius 3 is 2.25 bits per heavy atom. The molecule has 0 spiro atoms. The van der Waals surface area contributed by atoms with E-state index in [4.69, 9.17) is 10.5 Å². The molecule has 0 bridgehead atoms. The Balaban J connectivity index is 1.77. The monoisotopic (exact) mass is 396 g/mol. The quantitative estimate of drug-likeness (QED) is 0.380. The first kappa shape index (κ1) is 20.9. The minimum absolute atomic E-state index is 0.0585. The molecule has 0 unspecified atom stereocenters. The zero-order chi connectivity index (χ0) is 20.6. The lowest BCUT2D eigenvalue weighted by atomic mass is 10.2. The summed E-state index contributed by atoms with van der Waals surface area (Å²) < 4.78 is 45.1. The van der Waals surface area contributed by atoms with Crippen LogP contribution >= 0.6 is 0 Å². The molecule has 2 aromatic rings. The summed E-state index contributed by atoms with van der Waals surface area (Å²) in [6, 6.07) is 11.7. The molecule has 0 aromatic heterocycles. The number of nitrogens with one attached hydrogen (secondary N) is 2. The highest BCUT2D eigenvalue weighted by Gasteiger charge is 2.30. The van der Waals surface area contributed by atoms with Crippen molar-refractivity contribution in [1.82, 2.24) is 5.32 Å². The highest BCUT2D eigenvalue weighted by molar-refractivity contribution is 5.94. The van der Waals surface area contributed by atoms with Crippen molar-refractivity contribution < 1.29 is 27.4 Å². The van der Waals surface area contributed by atoms with Crippen LogP contribution in [0, 0.1) is 0 Å². The Labute approximate surface area is 159 Å². The maximum absolute atomic E-state index is 12.1. The Hall–Kier alpha value is -3.43. The third kappa shape index (κ3) is 7.06. The summed E-state index contributed by atoms with van der Waals surface area (Å²) in [5.74, 6) is 0.112. The van der Waals surface area contributed by atoms with Gasteiger partial charge in [0.25, 0.3) is 5.91 Å². The standard InChI is InChI=1S/C18H19F3N4O3/c1-27-14-6-2-12(3-7-14)16(26)23-10-11-24-17(22)25-13-4-8-15(9-5-13)28-18(19,20)21/h2-9H,10-11H2,1H3,(H,23,26)(H3,22,24,25). The van der Waals surface area contributed by atoms with Crippen molar-refractivity contribution in [3.8, 4) is 11.5 Å². The fourth-order valence-electron chi connectivity index (χ4n) is 2.12. The summed E-state index contributed by atoms with van der Waals surface area (Å²) in [6.45, 7) is 0.474. The van der Waals surface area contributed by atoms with Crippen LogP contribution in [0.25, 0.3) is 0 Å². The molecule has 4 N–H and O–H groups in total.